The van der Waals surface area contributed by atoms with Crippen molar-refractivity contribution in [2.45, 2.75) is 39.7 Å². The van der Waals surface area contributed by atoms with Gasteiger partial charge in [-0.1, -0.05) is 6.92 Å². The molecule has 20 heavy (non-hydrogen) atoms. The van der Waals surface area contributed by atoms with Crippen LogP contribution >= 0.6 is 15.9 Å². The van der Waals surface area contributed by atoms with Crippen LogP contribution in [0.2, 0.25) is 0 Å². The van der Waals surface area contributed by atoms with Crippen molar-refractivity contribution in [1.29, 1.82) is 0 Å². The van der Waals surface area contributed by atoms with E-state index in [2.05, 4.69) is 28.0 Å². The summed E-state index contributed by atoms with van der Waals surface area (Å²) in [6.45, 7) is 5.29. The Hall–Kier alpha value is -0.400. The number of nitrogens with two attached hydrogens (primary N) is 1. The van der Waals surface area contributed by atoms with E-state index in [1.165, 1.54) is 0 Å². The average Bonchev–Trinajstić information content (AvgIpc) is 2.89. The Labute approximate surface area is 129 Å². The molecule has 1 atom stereocenters. The van der Waals surface area contributed by atoms with Crippen LogP contribution in [0.15, 0.2) is 4.47 Å². The van der Waals surface area contributed by atoms with E-state index in [-0.39, 0.29) is 16.9 Å². The summed E-state index contributed by atoms with van der Waals surface area (Å²) in [4.78, 5) is 0. The Bertz CT molecular complexity index is 597. The summed E-state index contributed by atoms with van der Waals surface area (Å²) in [6.07, 6.45) is 2.17. The molecule has 0 aliphatic carbocycles. The van der Waals surface area contributed by atoms with Crippen molar-refractivity contribution in [1.82, 2.24) is 9.78 Å². The Morgan fingerprint density at radius 2 is 2.15 bits per heavy atom. The number of rotatable bonds is 5. The Kier molecular flexibility index (Phi) is 4.61. The summed E-state index contributed by atoms with van der Waals surface area (Å²) in [7, 11) is -2.94. The first-order chi connectivity index (χ1) is 9.36. The largest absolute Gasteiger partial charge is 0.330 e. The first-order valence-corrected chi connectivity index (χ1v) is 9.62. The van der Waals surface area contributed by atoms with Gasteiger partial charge in [0.05, 0.1) is 27.4 Å². The maximum atomic E-state index is 11.8. The van der Waals surface area contributed by atoms with Gasteiger partial charge >= 0.3 is 0 Å². The van der Waals surface area contributed by atoms with Gasteiger partial charge in [-0.3, -0.25) is 4.68 Å². The smallest absolute Gasteiger partial charge is 0.150 e. The summed E-state index contributed by atoms with van der Waals surface area (Å²) in [5, 5.41) is 4.57. The fourth-order valence-electron chi connectivity index (χ4n) is 2.90. The van der Waals surface area contributed by atoms with Gasteiger partial charge in [-0.25, -0.2) is 8.42 Å². The normalized spacial score (nSPS) is 25.2. The topological polar surface area (TPSA) is 78.0 Å². The van der Waals surface area contributed by atoms with Crippen molar-refractivity contribution in [2.75, 3.05) is 18.1 Å². The number of hydrogen-bond donors (Lipinski definition) is 1. The second-order valence-corrected chi connectivity index (χ2v) is 8.58. The highest BCUT2D eigenvalue weighted by molar-refractivity contribution is 9.10. The number of sulfone groups is 1. The molecule has 0 radical (unpaired) electrons. The van der Waals surface area contributed by atoms with Gasteiger partial charge in [-0.15, -0.1) is 0 Å². The van der Waals surface area contributed by atoms with Crippen molar-refractivity contribution in [3.63, 3.8) is 0 Å². The number of nitrogens with zero attached hydrogens (tertiary/aromatic N) is 2. The molecule has 2 rings (SSSR count). The molecule has 7 heteroatoms. The molecule has 5 nitrogen and oxygen atoms in total. The molecule has 114 valence electrons. The standard InChI is InChI=1S/C13H22BrN3O2S/c1-3-10-12(14)11(17(4-2)16-10)7-13(8-15)5-6-20(18,19)9-13/h3-9,15H2,1-2H3. The first-order valence-electron chi connectivity index (χ1n) is 7.01. The van der Waals surface area contributed by atoms with Crippen molar-refractivity contribution in [2.24, 2.45) is 11.1 Å². The molecule has 2 heterocycles. The molecule has 1 aromatic rings. The fourth-order valence-corrected chi connectivity index (χ4v) is 5.79. The predicted molar refractivity (Wildman–Crippen MR) is 83.4 cm³/mol. The van der Waals surface area contributed by atoms with Crippen LogP contribution < -0.4 is 5.73 Å². The molecular weight excluding hydrogens is 342 g/mol. The van der Waals surface area contributed by atoms with Crippen LogP contribution in [-0.2, 0) is 29.2 Å². The number of halogens is 1. The van der Waals surface area contributed by atoms with E-state index in [1.807, 2.05) is 11.6 Å². The van der Waals surface area contributed by atoms with Crippen LogP contribution in [0.25, 0.3) is 0 Å². The third-order valence-corrected chi connectivity index (χ3v) is 6.93. The number of aryl methyl sites for hydroxylation is 2. The van der Waals surface area contributed by atoms with E-state index >= 15 is 0 Å². The van der Waals surface area contributed by atoms with Crippen LogP contribution in [0.1, 0.15) is 31.7 Å². The van der Waals surface area contributed by atoms with Crippen LogP contribution in [0.3, 0.4) is 0 Å². The minimum absolute atomic E-state index is 0.194. The fraction of sp³-hybridized carbons (Fsp3) is 0.769. The minimum atomic E-state index is -2.94. The molecular formula is C13H22BrN3O2S. The van der Waals surface area contributed by atoms with Crippen LogP contribution in [-0.4, -0.2) is 36.2 Å². The van der Waals surface area contributed by atoms with Gasteiger partial charge in [0.25, 0.3) is 0 Å². The third-order valence-electron chi connectivity index (χ3n) is 4.14. The van der Waals surface area contributed by atoms with Gasteiger partial charge in [-0.2, -0.15) is 5.10 Å². The molecule has 1 unspecified atom stereocenters. The lowest BCUT2D eigenvalue weighted by Crippen LogP contribution is -2.35. The molecule has 0 spiro atoms. The highest BCUT2D eigenvalue weighted by Crippen LogP contribution is 2.37. The van der Waals surface area contributed by atoms with Crippen LogP contribution in [0.5, 0.6) is 0 Å². The summed E-state index contributed by atoms with van der Waals surface area (Å²) < 4.78 is 26.6. The molecule has 0 aromatic carbocycles. The van der Waals surface area contributed by atoms with Crippen LogP contribution in [0.4, 0.5) is 0 Å². The lowest BCUT2D eigenvalue weighted by molar-refractivity contribution is 0.333. The highest BCUT2D eigenvalue weighted by atomic mass is 79.9. The van der Waals surface area contributed by atoms with Crippen molar-refractivity contribution >= 4 is 25.8 Å². The zero-order valence-electron chi connectivity index (χ0n) is 12.0. The van der Waals surface area contributed by atoms with Crippen LogP contribution in [0, 0.1) is 5.41 Å². The summed E-state index contributed by atoms with van der Waals surface area (Å²) in [5.41, 5.74) is 7.67. The van der Waals surface area contributed by atoms with Gasteiger partial charge < -0.3 is 5.73 Å². The monoisotopic (exact) mass is 363 g/mol. The molecule has 1 fully saturated rings. The zero-order valence-corrected chi connectivity index (χ0v) is 14.4. The van der Waals surface area contributed by atoms with E-state index in [4.69, 9.17) is 5.73 Å². The maximum absolute atomic E-state index is 11.8. The molecule has 1 aromatic heterocycles. The van der Waals surface area contributed by atoms with Gasteiger partial charge in [0.2, 0.25) is 0 Å². The number of hydrogen-bond acceptors (Lipinski definition) is 4. The molecule has 1 saturated heterocycles. The molecule has 0 saturated carbocycles. The second kappa shape index (κ2) is 5.77. The Morgan fingerprint density at radius 3 is 2.60 bits per heavy atom. The lowest BCUT2D eigenvalue weighted by atomic mass is 9.83. The van der Waals surface area contributed by atoms with E-state index in [1.54, 1.807) is 0 Å². The summed E-state index contributed by atoms with van der Waals surface area (Å²) >= 11 is 3.62. The van der Waals surface area contributed by atoms with E-state index in [9.17, 15) is 8.42 Å². The molecule has 0 bridgehead atoms. The zero-order chi connectivity index (χ0) is 15.0. The van der Waals surface area contributed by atoms with Crippen molar-refractivity contribution in [3.05, 3.63) is 15.9 Å². The maximum Gasteiger partial charge on any atom is 0.150 e. The number of aromatic nitrogens is 2. The molecule has 0 amide bonds. The van der Waals surface area contributed by atoms with Gasteiger partial charge in [0, 0.05) is 12.0 Å². The quantitative estimate of drug-likeness (QED) is 0.860. The van der Waals surface area contributed by atoms with Crippen molar-refractivity contribution in [3.8, 4) is 0 Å². The molecule has 1 aliphatic heterocycles. The Morgan fingerprint density at radius 1 is 1.45 bits per heavy atom. The SMILES string of the molecule is CCc1nn(CC)c(CC2(CN)CCS(=O)(=O)C2)c1Br. The van der Waals surface area contributed by atoms with E-state index < -0.39 is 9.84 Å². The van der Waals surface area contributed by atoms with E-state index in [0.29, 0.717) is 19.4 Å². The van der Waals surface area contributed by atoms with Crippen molar-refractivity contribution < 1.29 is 8.42 Å². The highest BCUT2D eigenvalue weighted by Gasteiger charge is 2.42. The first kappa shape index (κ1) is 16.0. The van der Waals surface area contributed by atoms with Gasteiger partial charge in [-0.05, 0) is 48.7 Å². The Balaban J connectivity index is 2.36. The lowest BCUT2D eigenvalue weighted by Gasteiger charge is -2.26. The minimum Gasteiger partial charge on any atom is -0.330 e. The molecule has 2 N–H and O–H groups in total. The summed E-state index contributed by atoms with van der Waals surface area (Å²) in [6, 6.07) is 0. The summed E-state index contributed by atoms with van der Waals surface area (Å²) in [5.74, 6) is 0.446. The second-order valence-electron chi connectivity index (χ2n) is 5.60. The predicted octanol–water partition coefficient (Wildman–Crippen LogP) is 1.53. The van der Waals surface area contributed by atoms with E-state index in [0.717, 1.165) is 28.8 Å². The van der Waals surface area contributed by atoms with Gasteiger partial charge in [0.15, 0.2) is 9.84 Å². The van der Waals surface area contributed by atoms with Gasteiger partial charge in [0.1, 0.15) is 0 Å². The third kappa shape index (κ3) is 2.94. The molecule has 1 aliphatic rings. The average molecular weight is 364 g/mol.